The molecule has 16 nitrogen and oxygen atoms in total. The maximum Gasteiger partial charge on any atom is 0.315 e. The van der Waals surface area contributed by atoms with Crippen molar-refractivity contribution in [2.45, 2.75) is 87.4 Å². The molecule has 0 aromatic heterocycles. The summed E-state index contributed by atoms with van der Waals surface area (Å²) in [4.78, 5) is 65.9. The van der Waals surface area contributed by atoms with E-state index in [9.17, 15) is 24.0 Å². The number of benzene rings is 3. The van der Waals surface area contributed by atoms with Crippen molar-refractivity contribution in [3.8, 4) is 5.75 Å². The number of para-hydroxylation sites is 2. The van der Waals surface area contributed by atoms with Gasteiger partial charge in [0.15, 0.2) is 0 Å². The van der Waals surface area contributed by atoms with Crippen molar-refractivity contribution in [2.75, 3.05) is 42.3 Å². The molecule has 6 rings (SSSR count). The van der Waals surface area contributed by atoms with Gasteiger partial charge >= 0.3 is 11.1 Å². The van der Waals surface area contributed by atoms with E-state index < -0.39 is 24.1 Å². The van der Waals surface area contributed by atoms with Crippen LogP contribution in [0, 0.1) is 5.39 Å². The van der Waals surface area contributed by atoms with Crippen LogP contribution in [0.3, 0.4) is 0 Å². The van der Waals surface area contributed by atoms with Crippen LogP contribution in [-0.2, 0) is 25.6 Å². The summed E-state index contributed by atoms with van der Waals surface area (Å²) in [5.74, 6) is 0.603. The molecule has 3 aliphatic heterocycles. The Morgan fingerprint density at radius 2 is 1.63 bits per heavy atom. The molecule has 6 atom stereocenters. The molecule has 17 heteroatoms. The Balaban J connectivity index is 0.962. The molecule has 0 saturated carbocycles. The predicted molar refractivity (Wildman–Crippen MR) is 226 cm³/mol. The van der Waals surface area contributed by atoms with Crippen LogP contribution in [0.1, 0.15) is 62.7 Å². The highest BCUT2D eigenvalue weighted by Crippen LogP contribution is 2.37. The number of ether oxygens (including phenoxy) is 1. The molecule has 0 aliphatic carbocycles. The minimum atomic E-state index is -0.867. The lowest BCUT2D eigenvalue weighted by molar-refractivity contribution is -0.129. The van der Waals surface area contributed by atoms with Gasteiger partial charge in [-0.05, 0) is 79.8 Å². The Kier molecular flexibility index (Phi) is 15.2. The predicted octanol–water partition coefficient (Wildman–Crippen LogP) is 3.78. The number of carbonyl (C=O) groups excluding carboxylic acids is 5. The number of carbonyl (C=O) groups is 5. The zero-order chi connectivity index (χ0) is 41.6. The van der Waals surface area contributed by atoms with Gasteiger partial charge in [-0.25, -0.2) is 4.79 Å². The lowest BCUT2D eigenvalue weighted by Crippen LogP contribution is -2.54. The summed E-state index contributed by atoms with van der Waals surface area (Å²) in [5.41, 5.74) is 5.27. The maximum atomic E-state index is 13.7. The third-order valence-electron chi connectivity index (χ3n) is 10.6. The van der Waals surface area contributed by atoms with Crippen molar-refractivity contribution in [2.24, 2.45) is 0 Å². The fourth-order valence-electron chi connectivity index (χ4n) is 7.60. The standard InChI is InChI=1S/C42H52N10O6S/c1-27(46-37(54)23-28-17-19-30(20-18-28)50-51-43)41(56)47-31-24-52(33-13-6-7-14-34(33)58-40(31)29-11-4-2-5-12-29)25-38(55)45-22-9-3-8-21-44-36(53)16-10-15-35-39-32(26-59-35)48-42(57)49-39/h2,4-7,11-14,17-20,27,31-32,35,39-40,50H,3,8-10,15-16,21-26H2,1H3,(H5-,44,45,46,47,48,49,53,54,55,56,57)/p+1/t27-,31+,32-,35-,39-,40+/m0/s1. The fourth-order valence-corrected chi connectivity index (χ4v) is 9.14. The number of amides is 6. The summed E-state index contributed by atoms with van der Waals surface area (Å²) in [7, 11) is 0. The van der Waals surface area contributed by atoms with Crippen LogP contribution >= 0.6 is 11.8 Å². The molecule has 0 radical (unpaired) electrons. The van der Waals surface area contributed by atoms with E-state index in [1.807, 2.05) is 71.3 Å². The number of rotatable bonds is 19. The highest BCUT2D eigenvalue weighted by atomic mass is 32.2. The third kappa shape index (κ3) is 12.2. The highest BCUT2D eigenvalue weighted by molar-refractivity contribution is 8.00. The average Bonchev–Trinajstić information content (AvgIpc) is 3.74. The SMILES string of the molecule is C[C@H](NC(=O)Cc1ccc(N[N+]#N)cc1)C(=O)N[C@@H]1CN(CC(=O)NCCCCCNC(=O)CCC[C@@H]2SC[C@@H]3NC(=O)N[C@@H]32)c2ccccc2O[C@@H]1c1ccccc1. The van der Waals surface area contributed by atoms with Crippen LogP contribution in [0.2, 0.25) is 0 Å². The van der Waals surface area contributed by atoms with Gasteiger partial charge in [-0.2, -0.15) is 11.8 Å². The molecule has 6 amide bonds. The molecule has 0 bridgehead atoms. The minimum Gasteiger partial charge on any atom is -0.481 e. The van der Waals surface area contributed by atoms with E-state index in [1.165, 1.54) is 0 Å². The number of hydrogen-bond acceptors (Lipinski definition) is 10. The van der Waals surface area contributed by atoms with Gasteiger partial charge in [-0.15, -0.1) is 0 Å². The van der Waals surface area contributed by atoms with E-state index >= 15 is 0 Å². The first-order valence-corrected chi connectivity index (χ1v) is 21.3. The molecule has 3 aromatic rings. The van der Waals surface area contributed by atoms with Gasteiger partial charge in [0.05, 0.1) is 36.8 Å². The second kappa shape index (κ2) is 21.1. The number of fused-ring (bicyclic) bond motifs is 2. The summed E-state index contributed by atoms with van der Waals surface area (Å²) in [6, 6.07) is 22.6. The first-order valence-electron chi connectivity index (χ1n) is 20.2. The number of anilines is 2. The smallest absolute Gasteiger partial charge is 0.315 e. The van der Waals surface area contributed by atoms with E-state index in [-0.39, 0.29) is 55.3 Å². The van der Waals surface area contributed by atoms with Crippen LogP contribution in [0.5, 0.6) is 5.75 Å². The van der Waals surface area contributed by atoms with E-state index in [4.69, 9.17) is 10.1 Å². The number of unbranched alkanes of at least 4 members (excludes halogenated alkanes) is 2. The zero-order valence-corrected chi connectivity index (χ0v) is 34.0. The quantitative estimate of drug-likeness (QED) is 0.0403. The third-order valence-corrected chi connectivity index (χ3v) is 12.1. The van der Waals surface area contributed by atoms with Gasteiger partial charge in [0.25, 0.3) is 5.39 Å². The van der Waals surface area contributed by atoms with Crippen LogP contribution < -0.4 is 47.0 Å². The number of urea groups is 1. The maximum absolute atomic E-state index is 13.7. The Morgan fingerprint density at radius 3 is 2.39 bits per heavy atom. The molecule has 3 aromatic carbocycles. The first-order chi connectivity index (χ1) is 28.7. The molecular weight excluding hydrogens is 773 g/mol. The number of nitrogens with zero attached hydrogens (tertiary/aromatic N) is 3. The monoisotopic (exact) mass is 825 g/mol. The topological polar surface area (TPSA) is 210 Å². The molecular formula is C42H53N10O6S+. The van der Waals surface area contributed by atoms with Gasteiger partial charge < -0.3 is 41.5 Å². The van der Waals surface area contributed by atoms with Crippen molar-refractivity contribution in [1.29, 1.82) is 5.39 Å². The number of thioether (sulfide) groups is 1. The van der Waals surface area contributed by atoms with Gasteiger partial charge in [0.2, 0.25) is 23.6 Å². The molecule has 2 fully saturated rings. The van der Waals surface area contributed by atoms with Crippen molar-refractivity contribution in [3.63, 3.8) is 0 Å². The van der Waals surface area contributed by atoms with Crippen molar-refractivity contribution >= 4 is 52.8 Å². The summed E-state index contributed by atoms with van der Waals surface area (Å²) >= 11 is 1.85. The molecule has 59 heavy (non-hydrogen) atoms. The second-order valence-corrected chi connectivity index (χ2v) is 16.3. The summed E-state index contributed by atoms with van der Waals surface area (Å²) < 4.78 is 6.60. The molecule has 312 valence electrons. The largest absolute Gasteiger partial charge is 0.481 e. The van der Waals surface area contributed by atoms with Crippen molar-refractivity contribution in [1.82, 2.24) is 31.9 Å². The Morgan fingerprint density at radius 1 is 0.898 bits per heavy atom. The van der Waals surface area contributed by atoms with Crippen LogP contribution in [-0.4, -0.2) is 91.0 Å². The lowest BCUT2D eigenvalue weighted by Gasteiger charge is -2.30. The van der Waals surface area contributed by atoms with Gasteiger partial charge in [-0.3, -0.25) is 19.2 Å². The normalized spacial score (nSPS) is 20.8. The van der Waals surface area contributed by atoms with Gasteiger partial charge in [0.1, 0.15) is 23.6 Å². The lowest BCUT2D eigenvalue weighted by atomic mass is 10.0. The number of hydrogen-bond donors (Lipinski definition) is 7. The molecule has 2 saturated heterocycles. The molecule has 0 unspecified atom stereocenters. The summed E-state index contributed by atoms with van der Waals surface area (Å²) in [5, 5.41) is 29.8. The first kappa shape index (κ1) is 42.6. The highest BCUT2D eigenvalue weighted by Gasteiger charge is 2.42. The van der Waals surface area contributed by atoms with Crippen molar-refractivity contribution < 1.29 is 28.7 Å². The van der Waals surface area contributed by atoms with Gasteiger partial charge in [0, 0.05) is 37.1 Å². The Labute approximate surface area is 348 Å². The van der Waals surface area contributed by atoms with E-state index in [0.29, 0.717) is 36.2 Å². The van der Waals surface area contributed by atoms with E-state index in [0.717, 1.165) is 54.7 Å². The second-order valence-electron chi connectivity index (χ2n) is 15.1. The molecule has 7 N–H and O–H groups in total. The Hall–Kier alpha value is -6.02. The zero-order valence-electron chi connectivity index (χ0n) is 33.2. The number of nitrogens with one attached hydrogen (secondary N) is 7. The molecule has 3 heterocycles. The summed E-state index contributed by atoms with van der Waals surface area (Å²) in [6.07, 6.45) is 3.97. The van der Waals surface area contributed by atoms with Crippen molar-refractivity contribution in [3.05, 3.63) is 95.1 Å². The van der Waals surface area contributed by atoms with E-state index in [1.54, 1.807) is 31.2 Å². The number of diazo groups is 1. The minimum absolute atomic E-state index is 0.0287. The molecule has 0 spiro atoms. The van der Waals surface area contributed by atoms with Crippen LogP contribution in [0.15, 0.2) is 78.9 Å². The molecule has 3 aliphatic rings. The average molecular weight is 826 g/mol. The fraction of sp³-hybridized carbons (Fsp3) is 0.452. The van der Waals surface area contributed by atoms with Crippen LogP contribution in [0.25, 0.3) is 5.08 Å². The summed E-state index contributed by atoms with van der Waals surface area (Å²) in [6.45, 7) is 2.96. The van der Waals surface area contributed by atoms with Gasteiger partial charge in [-0.1, -0.05) is 54.6 Å². The van der Waals surface area contributed by atoms with E-state index in [2.05, 4.69) is 42.4 Å². The van der Waals surface area contributed by atoms with Crippen LogP contribution in [0.4, 0.5) is 16.2 Å². The Bertz CT molecular complexity index is 1960.